The van der Waals surface area contributed by atoms with E-state index in [1.54, 1.807) is 21.1 Å². The van der Waals surface area contributed by atoms with Crippen LogP contribution in [0.4, 0.5) is 0 Å². The van der Waals surface area contributed by atoms with Gasteiger partial charge in [0.15, 0.2) is 5.16 Å². The van der Waals surface area contributed by atoms with Crippen LogP contribution in [0.5, 0.6) is 5.75 Å². The lowest BCUT2D eigenvalue weighted by Gasteiger charge is -2.12. The molecule has 0 bridgehead atoms. The highest BCUT2D eigenvalue weighted by atomic mass is 32.2. The molecule has 0 saturated carbocycles. The number of esters is 1. The molecule has 0 atom stereocenters. The third-order valence-electron chi connectivity index (χ3n) is 3.69. The Morgan fingerprint density at radius 2 is 2.12 bits per heavy atom. The van der Waals surface area contributed by atoms with Gasteiger partial charge in [0, 0.05) is 24.7 Å². The number of carbonyl (C=O) groups excluding carboxylic acids is 1. The summed E-state index contributed by atoms with van der Waals surface area (Å²) in [6.45, 7) is 3.91. The van der Waals surface area contributed by atoms with Crippen LogP contribution in [0.25, 0.3) is 0 Å². The highest BCUT2D eigenvalue weighted by molar-refractivity contribution is 7.99. The highest BCUT2D eigenvalue weighted by Crippen LogP contribution is 2.19. The topological polar surface area (TPSA) is 70.4 Å². The van der Waals surface area contributed by atoms with Crippen molar-refractivity contribution in [2.75, 3.05) is 19.5 Å². The van der Waals surface area contributed by atoms with Crippen molar-refractivity contribution < 1.29 is 14.3 Å². The molecular weight excluding hydrogens is 340 g/mol. The molecule has 0 radical (unpaired) electrons. The summed E-state index contributed by atoms with van der Waals surface area (Å²) in [6, 6.07) is 7.61. The summed E-state index contributed by atoms with van der Waals surface area (Å²) in [5, 5.41) is 0.505. The Balaban J connectivity index is 2.24. The number of nitrogens with zero attached hydrogens (tertiary/aromatic N) is 2. The zero-order chi connectivity index (χ0) is 18.4. The number of hydrogen-bond donors (Lipinski definition) is 0. The highest BCUT2D eigenvalue weighted by Gasteiger charge is 2.14. The Morgan fingerprint density at radius 3 is 2.80 bits per heavy atom. The molecule has 0 saturated heterocycles. The number of aryl methyl sites for hydroxylation is 1. The van der Waals surface area contributed by atoms with Gasteiger partial charge >= 0.3 is 5.97 Å². The fourth-order valence-corrected chi connectivity index (χ4v) is 3.18. The number of thioether (sulfide) groups is 1. The number of carbonyl (C=O) groups is 1. The Morgan fingerprint density at radius 1 is 1.36 bits per heavy atom. The first-order chi connectivity index (χ1) is 12.0. The van der Waals surface area contributed by atoms with E-state index >= 15 is 0 Å². The summed E-state index contributed by atoms with van der Waals surface area (Å²) >= 11 is 1.20. The van der Waals surface area contributed by atoms with Gasteiger partial charge in [0.05, 0.1) is 19.5 Å². The van der Waals surface area contributed by atoms with E-state index in [4.69, 9.17) is 9.47 Å². The summed E-state index contributed by atoms with van der Waals surface area (Å²) in [5.74, 6) is 0.560. The summed E-state index contributed by atoms with van der Waals surface area (Å²) in [7, 11) is 3.28. The first-order valence-electron chi connectivity index (χ1n) is 7.94. The maximum absolute atomic E-state index is 12.7. The zero-order valence-electron chi connectivity index (χ0n) is 14.9. The van der Waals surface area contributed by atoms with Crippen LogP contribution >= 0.6 is 11.8 Å². The molecule has 0 N–H and O–H groups in total. The average Bonchev–Trinajstić information content (AvgIpc) is 2.61. The maximum Gasteiger partial charge on any atom is 0.316 e. The van der Waals surface area contributed by atoms with E-state index in [1.165, 1.54) is 16.3 Å². The van der Waals surface area contributed by atoms with Gasteiger partial charge in [0.1, 0.15) is 5.75 Å². The van der Waals surface area contributed by atoms with Crippen molar-refractivity contribution in [3.63, 3.8) is 0 Å². The van der Waals surface area contributed by atoms with Gasteiger partial charge in [-0.1, -0.05) is 23.9 Å². The quantitative estimate of drug-likeness (QED) is 0.428. The number of hydrogen-bond acceptors (Lipinski definition) is 6. The first kappa shape index (κ1) is 19.1. The van der Waals surface area contributed by atoms with Crippen molar-refractivity contribution in [3.05, 3.63) is 51.4 Å². The molecule has 2 rings (SSSR count). The van der Waals surface area contributed by atoms with E-state index in [0.29, 0.717) is 29.4 Å². The van der Waals surface area contributed by atoms with Gasteiger partial charge in [-0.15, -0.1) is 0 Å². The van der Waals surface area contributed by atoms with E-state index in [1.807, 2.05) is 31.2 Å². The van der Waals surface area contributed by atoms with Crippen LogP contribution in [0, 0.1) is 6.92 Å². The van der Waals surface area contributed by atoms with Crippen LogP contribution in [-0.2, 0) is 23.0 Å². The fourth-order valence-electron chi connectivity index (χ4n) is 2.38. The second-order valence-electron chi connectivity index (χ2n) is 5.44. The van der Waals surface area contributed by atoms with Crippen molar-refractivity contribution in [1.29, 1.82) is 0 Å². The molecule has 0 aliphatic carbocycles. The summed E-state index contributed by atoms with van der Waals surface area (Å²) in [6.07, 6.45) is 0.478. The number of ether oxygens (including phenoxy) is 2. The monoisotopic (exact) mass is 362 g/mol. The Bertz CT molecular complexity index is 817. The Labute approximate surface area is 151 Å². The SMILES string of the molecule is CCOC(=O)CSc1nc(C)c(Cc2cccc(OC)c2)c(=O)n1C. The molecule has 0 amide bonds. The molecule has 1 heterocycles. The largest absolute Gasteiger partial charge is 0.497 e. The van der Waals surface area contributed by atoms with E-state index in [2.05, 4.69) is 4.98 Å². The molecule has 25 heavy (non-hydrogen) atoms. The van der Waals surface area contributed by atoms with Crippen molar-refractivity contribution in [3.8, 4) is 5.75 Å². The molecule has 6 nitrogen and oxygen atoms in total. The lowest BCUT2D eigenvalue weighted by molar-refractivity contribution is -0.139. The van der Waals surface area contributed by atoms with E-state index in [0.717, 1.165) is 11.3 Å². The van der Waals surface area contributed by atoms with Crippen LogP contribution < -0.4 is 10.3 Å². The number of aromatic nitrogens is 2. The third kappa shape index (κ3) is 4.85. The van der Waals surface area contributed by atoms with Gasteiger partial charge < -0.3 is 9.47 Å². The van der Waals surface area contributed by atoms with Gasteiger partial charge in [-0.25, -0.2) is 4.98 Å². The fraction of sp³-hybridized carbons (Fsp3) is 0.389. The molecule has 0 aliphatic heterocycles. The van der Waals surface area contributed by atoms with Crippen molar-refractivity contribution in [1.82, 2.24) is 9.55 Å². The van der Waals surface area contributed by atoms with Crippen LogP contribution in [-0.4, -0.2) is 35.0 Å². The predicted octanol–water partition coefficient (Wildman–Crippen LogP) is 2.34. The minimum atomic E-state index is -0.320. The maximum atomic E-state index is 12.7. The molecule has 134 valence electrons. The Kier molecular flexibility index (Phi) is 6.64. The normalized spacial score (nSPS) is 10.6. The van der Waals surface area contributed by atoms with Gasteiger partial charge in [-0.2, -0.15) is 0 Å². The standard InChI is InChI=1S/C18H22N2O4S/c1-5-24-16(21)11-25-18-19-12(2)15(17(22)20(18)3)10-13-7-6-8-14(9-13)23-4/h6-9H,5,10-11H2,1-4H3. The number of rotatable bonds is 7. The molecule has 0 unspecified atom stereocenters. The zero-order valence-corrected chi connectivity index (χ0v) is 15.7. The second kappa shape index (κ2) is 8.71. The van der Waals surface area contributed by atoms with Gasteiger partial charge in [-0.3, -0.25) is 14.2 Å². The molecule has 2 aromatic rings. The van der Waals surface area contributed by atoms with E-state index < -0.39 is 0 Å². The van der Waals surface area contributed by atoms with Crippen LogP contribution in [0.15, 0.2) is 34.2 Å². The minimum absolute atomic E-state index is 0.110. The third-order valence-corrected chi connectivity index (χ3v) is 4.69. The summed E-state index contributed by atoms with van der Waals surface area (Å²) < 4.78 is 11.6. The molecule has 1 aromatic carbocycles. The lowest BCUT2D eigenvalue weighted by atomic mass is 10.0. The first-order valence-corrected chi connectivity index (χ1v) is 8.92. The summed E-state index contributed by atoms with van der Waals surface area (Å²) in [4.78, 5) is 28.7. The van der Waals surface area contributed by atoms with Gasteiger partial charge in [-0.05, 0) is 31.5 Å². The Hall–Kier alpha value is -2.28. The molecule has 0 fully saturated rings. The van der Waals surface area contributed by atoms with Crippen molar-refractivity contribution in [2.24, 2.45) is 7.05 Å². The molecule has 0 spiro atoms. The molecular formula is C18H22N2O4S. The van der Waals surface area contributed by atoms with Crippen molar-refractivity contribution >= 4 is 17.7 Å². The van der Waals surface area contributed by atoms with Gasteiger partial charge in [0.25, 0.3) is 5.56 Å². The van der Waals surface area contributed by atoms with Crippen molar-refractivity contribution in [2.45, 2.75) is 25.4 Å². The van der Waals surface area contributed by atoms with Gasteiger partial charge in [0.2, 0.25) is 0 Å². The summed E-state index contributed by atoms with van der Waals surface area (Å²) in [5.41, 5.74) is 2.17. The smallest absolute Gasteiger partial charge is 0.316 e. The van der Waals surface area contributed by atoms with E-state index in [-0.39, 0.29) is 17.3 Å². The molecule has 0 aliphatic rings. The van der Waals surface area contributed by atoms with Crippen LogP contribution in [0.2, 0.25) is 0 Å². The number of benzene rings is 1. The lowest BCUT2D eigenvalue weighted by Crippen LogP contribution is -2.26. The minimum Gasteiger partial charge on any atom is -0.497 e. The van der Waals surface area contributed by atoms with Crippen LogP contribution in [0.1, 0.15) is 23.7 Å². The second-order valence-corrected chi connectivity index (χ2v) is 6.39. The average molecular weight is 362 g/mol. The molecule has 1 aromatic heterocycles. The molecule has 7 heteroatoms. The van der Waals surface area contributed by atoms with E-state index in [9.17, 15) is 9.59 Å². The van der Waals surface area contributed by atoms with Crippen LogP contribution in [0.3, 0.4) is 0 Å². The number of methoxy groups -OCH3 is 1. The predicted molar refractivity (Wildman–Crippen MR) is 97.4 cm³/mol.